The van der Waals surface area contributed by atoms with Gasteiger partial charge in [0.15, 0.2) is 14.8 Å². The van der Waals surface area contributed by atoms with Crippen molar-refractivity contribution in [3.63, 3.8) is 0 Å². The summed E-state index contributed by atoms with van der Waals surface area (Å²) in [5.41, 5.74) is 1.49. The molecule has 0 saturated heterocycles. The van der Waals surface area contributed by atoms with Crippen LogP contribution in [-0.2, 0) is 14.1 Å². The third kappa shape index (κ3) is 3.89. The van der Waals surface area contributed by atoms with Gasteiger partial charge in [0, 0.05) is 5.57 Å². The number of rotatable bonds is 3. The molecule has 0 aliphatic heterocycles. The molecular formula is C7H11O3P. The van der Waals surface area contributed by atoms with E-state index >= 15 is 0 Å². The molecule has 3 nitrogen and oxygen atoms in total. The fourth-order valence-corrected chi connectivity index (χ4v) is 0.567. The van der Waals surface area contributed by atoms with Gasteiger partial charge in [0.2, 0.25) is 0 Å². The van der Waals surface area contributed by atoms with Gasteiger partial charge in [-0.1, -0.05) is 5.57 Å². The van der Waals surface area contributed by atoms with Crippen molar-refractivity contribution < 1.29 is 14.1 Å². The molecule has 0 atom stereocenters. The zero-order valence-corrected chi connectivity index (χ0v) is 7.77. The van der Waals surface area contributed by atoms with Gasteiger partial charge >= 0.3 is 5.97 Å². The fraction of sp³-hybridized carbons (Fsp3) is 0.571. The average Bonchev–Trinajstić information content (AvgIpc) is 1.98. The highest BCUT2D eigenvalue weighted by atomic mass is 31.1. The molecule has 0 spiro atoms. The zero-order valence-electron chi connectivity index (χ0n) is 6.88. The smallest absolute Gasteiger partial charge is 0.334 e. The second-order valence-corrected chi connectivity index (χ2v) is 2.83. The first-order valence-electron chi connectivity index (χ1n) is 3.20. The van der Waals surface area contributed by atoms with Gasteiger partial charge < -0.3 is 4.74 Å². The summed E-state index contributed by atoms with van der Waals surface area (Å²) in [5.74, 6) is -0.395. The minimum Gasteiger partial charge on any atom is -0.450 e. The molecule has 0 aromatic heterocycles. The molecule has 0 unspecified atom stereocenters. The Morgan fingerprint density at radius 3 is 2.27 bits per heavy atom. The van der Waals surface area contributed by atoms with Gasteiger partial charge in [-0.05, 0) is 20.8 Å². The molecule has 0 aromatic carbocycles. The monoisotopic (exact) mass is 174 g/mol. The van der Waals surface area contributed by atoms with Crippen LogP contribution in [0.5, 0.6) is 0 Å². The SMILES string of the molecule is CC(C)=C(C)C(=O)OCP=O. The molecule has 0 rings (SSSR count). The highest BCUT2D eigenvalue weighted by molar-refractivity contribution is 7.23. The van der Waals surface area contributed by atoms with E-state index in [1.165, 1.54) is 0 Å². The normalized spacial score (nSPS) is 9.36. The third-order valence-electron chi connectivity index (χ3n) is 1.30. The zero-order chi connectivity index (χ0) is 8.85. The first-order valence-corrected chi connectivity index (χ1v) is 4.19. The second-order valence-electron chi connectivity index (χ2n) is 2.31. The van der Waals surface area contributed by atoms with Gasteiger partial charge in [-0.3, -0.25) is 4.57 Å². The van der Waals surface area contributed by atoms with Gasteiger partial charge in [0.1, 0.15) is 0 Å². The molecule has 0 saturated carbocycles. The first kappa shape index (κ1) is 10.3. The maximum atomic E-state index is 10.9. The summed E-state index contributed by atoms with van der Waals surface area (Å²) in [5, 5.41) is 0. The molecule has 4 heteroatoms. The van der Waals surface area contributed by atoms with Crippen molar-refractivity contribution in [3.8, 4) is 0 Å². The van der Waals surface area contributed by atoms with E-state index in [1.54, 1.807) is 6.92 Å². The maximum Gasteiger partial charge on any atom is 0.334 e. The quantitative estimate of drug-likeness (QED) is 0.374. The summed E-state index contributed by atoms with van der Waals surface area (Å²) < 4.78 is 14.5. The van der Waals surface area contributed by atoms with Gasteiger partial charge in [0.05, 0.1) is 0 Å². The number of ether oxygens (including phenoxy) is 1. The van der Waals surface area contributed by atoms with Crippen molar-refractivity contribution in [1.82, 2.24) is 0 Å². The van der Waals surface area contributed by atoms with Crippen LogP contribution in [0.15, 0.2) is 11.1 Å². The van der Waals surface area contributed by atoms with E-state index in [4.69, 9.17) is 0 Å². The first-order chi connectivity index (χ1) is 5.09. The van der Waals surface area contributed by atoms with E-state index < -0.39 is 5.97 Å². The van der Waals surface area contributed by atoms with Crippen LogP contribution < -0.4 is 0 Å². The van der Waals surface area contributed by atoms with E-state index in [1.807, 2.05) is 13.8 Å². The lowest BCUT2D eigenvalue weighted by molar-refractivity contribution is -0.136. The molecule has 0 aliphatic carbocycles. The molecule has 0 bridgehead atoms. The van der Waals surface area contributed by atoms with Gasteiger partial charge in [-0.25, -0.2) is 4.79 Å². The Balaban J connectivity index is 4.04. The predicted octanol–water partition coefficient (Wildman–Crippen LogP) is 2.14. The Morgan fingerprint density at radius 2 is 1.91 bits per heavy atom. The summed E-state index contributed by atoms with van der Waals surface area (Å²) in [6, 6.07) is 0. The van der Waals surface area contributed by atoms with E-state index in [2.05, 4.69) is 4.74 Å². The molecule has 0 fully saturated rings. The minimum atomic E-state index is -0.395. The van der Waals surface area contributed by atoms with Crippen LogP contribution in [0.4, 0.5) is 0 Å². The molecule has 0 heterocycles. The second kappa shape index (κ2) is 5.03. The Labute approximate surface area is 67.6 Å². The lowest BCUT2D eigenvalue weighted by Crippen LogP contribution is -2.05. The number of carbonyl (C=O) groups excluding carboxylic acids is 1. The lowest BCUT2D eigenvalue weighted by atomic mass is 10.2. The average molecular weight is 174 g/mol. The number of hydrogen-bond donors (Lipinski definition) is 0. The van der Waals surface area contributed by atoms with E-state index in [0.29, 0.717) is 5.57 Å². The largest absolute Gasteiger partial charge is 0.450 e. The number of esters is 1. The molecule has 0 aromatic rings. The Morgan fingerprint density at radius 1 is 1.36 bits per heavy atom. The van der Waals surface area contributed by atoms with Crippen LogP contribution >= 0.6 is 8.46 Å². The van der Waals surface area contributed by atoms with Crippen LogP contribution in [0.3, 0.4) is 0 Å². The van der Waals surface area contributed by atoms with Crippen LogP contribution in [0, 0.1) is 0 Å². The van der Waals surface area contributed by atoms with Crippen molar-refractivity contribution in [2.75, 3.05) is 6.35 Å². The molecule has 0 aliphatic rings. The molecule has 0 amide bonds. The topological polar surface area (TPSA) is 43.4 Å². The van der Waals surface area contributed by atoms with E-state index in [-0.39, 0.29) is 14.8 Å². The number of allylic oxidation sites excluding steroid dienone is 1. The maximum absolute atomic E-state index is 10.9. The Hall–Kier alpha value is -0.690. The highest BCUT2D eigenvalue weighted by Crippen LogP contribution is 2.05. The van der Waals surface area contributed by atoms with Gasteiger partial charge in [0.25, 0.3) is 0 Å². The molecule has 0 N–H and O–H groups in total. The Bertz CT molecular complexity index is 192. The standard InChI is InChI=1S/C7H11O3P/c1-5(2)6(3)7(8)10-4-11-9/h4H2,1-3H3. The van der Waals surface area contributed by atoms with Crippen molar-refractivity contribution in [1.29, 1.82) is 0 Å². The highest BCUT2D eigenvalue weighted by Gasteiger charge is 2.05. The van der Waals surface area contributed by atoms with Gasteiger partial charge in [-0.2, -0.15) is 0 Å². The molecule has 11 heavy (non-hydrogen) atoms. The Kier molecular flexibility index (Phi) is 4.71. The molecule has 0 radical (unpaired) electrons. The van der Waals surface area contributed by atoms with Crippen LogP contribution in [0.2, 0.25) is 0 Å². The summed E-state index contributed by atoms with van der Waals surface area (Å²) in [4.78, 5) is 10.9. The van der Waals surface area contributed by atoms with E-state index in [0.717, 1.165) is 5.57 Å². The summed E-state index contributed by atoms with van der Waals surface area (Å²) in [6.07, 6.45) is -0.0660. The van der Waals surface area contributed by atoms with Crippen LogP contribution in [-0.4, -0.2) is 12.3 Å². The van der Waals surface area contributed by atoms with Crippen LogP contribution in [0.1, 0.15) is 20.8 Å². The van der Waals surface area contributed by atoms with Crippen molar-refractivity contribution >= 4 is 14.4 Å². The minimum absolute atomic E-state index is 0.0660. The van der Waals surface area contributed by atoms with Crippen molar-refractivity contribution in [2.45, 2.75) is 20.8 Å². The molecular weight excluding hydrogens is 163 g/mol. The fourth-order valence-electron chi connectivity index (χ4n) is 0.397. The molecule has 62 valence electrons. The lowest BCUT2D eigenvalue weighted by Gasteiger charge is -2.01. The van der Waals surface area contributed by atoms with Crippen molar-refractivity contribution in [2.24, 2.45) is 0 Å². The summed E-state index contributed by atoms with van der Waals surface area (Å²) in [6.45, 7) is 5.33. The van der Waals surface area contributed by atoms with Crippen molar-refractivity contribution in [3.05, 3.63) is 11.1 Å². The third-order valence-corrected chi connectivity index (χ3v) is 1.54. The number of hydrogen-bond acceptors (Lipinski definition) is 3. The summed E-state index contributed by atoms with van der Waals surface area (Å²) >= 11 is 0. The van der Waals surface area contributed by atoms with Crippen LogP contribution in [0.25, 0.3) is 0 Å². The predicted molar refractivity (Wildman–Crippen MR) is 42.6 cm³/mol. The summed E-state index contributed by atoms with van der Waals surface area (Å²) in [7, 11) is -0.168. The van der Waals surface area contributed by atoms with Gasteiger partial charge in [-0.15, -0.1) is 0 Å². The number of carbonyl (C=O) groups is 1. The van der Waals surface area contributed by atoms with E-state index in [9.17, 15) is 9.36 Å².